The molecule has 6 nitrogen and oxygen atoms in total. The van der Waals surface area contributed by atoms with Crippen LogP contribution in [0.25, 0.3) is 0 Å². The zero-order valence-electron chi connectivity index (χ0n) is 12.0. The number of carbonyl (C=O) groups excluding carboxylic acids is 1. The second-order valence-electron chi connectivity index (χ2n) is 5.93. The predicted octanol–water partition coefficient (Wildman–Crippen LogP) is 1.73. The van der Waals surface area contributed by atoms with Crippen molar-refractivity contribution in [1.29, 1.82) is 0 Å². The van der Waals surface area contributed by atoms with E-state index in [1.165, 1.54) is 12.1 Å². The quantitative estimate of drug-likeness (QED) is 0.664. The Bertz CT molecular complexity index is 574. The van der Waals surface area contributed by atoms with Crippen molar-refractivity contribution in [2.24, 2.45) is 5.92 Å². The maximum atomic E-state index is 12.7. The largest absolute Gasteiger partial charge is 0.337 e. The minimum Gasteiger partial charge on any atom is -0.337 e. The third-order valence-electron chi connectivity index (χ3n) is 4.55. The van der Waals surface area contributed by atoms with Gasteiger partial charge in [0.1, 0.15) is 0 Å². The average Bonchev–Trinajstić information content (AvgIpc) is 2.90. The van der Waals surface area contributed by atoms with Gasteiger partial charge in [0.15, 0.2) is 0 Å². The number of likely N-dealkylation sites (tertiary alicyclic amines) is 1. The molecule has 1 N–H and O–H groups in total. The second kappa shape index (κ2) is 5.44. The van der Waals surface area contributed by atoms with Gasteiger partial charge in [-0.05, 0) is 37.8 Å². The summed E-state index contributed by atoms with van der Waals surface area (Å²) in [6.45, 7) is 4.28. The van der Waals surface area contributed by atoms with E-state index in [9.17, 15) is 14.9 Å². The number of piperidine rings is 1. The molecule has 2 atom stereocenters. The molecule has 112 valence electrons. The molecule has 2 saturated heterocycles. The number of hydrogen-bond acceptors (Lipinski definition) is 4. The van der Waals surface area contributed by atoms with Crippen LogP contribution in [-0.2, 0) is 0 Å². The van der Waals surface area contributed by atoms with Gasteiger partial charge < -0.3 is 10.2 Å². The number of fused-ring (bicyclic) bond motifs is 1. The van der Waals surface area contributed by atoms with Crippen LogP contribution in [0.1, 0.15) is 28.8 Å². The van der Waals surface area contributed by atoms with Crippen molar-refractivity contribution in [2.75, 3.05) is 19.6 Å². The van der Waals surface area contributed by atoms with E-state index in [0.717, 1.165) is 31.5 Å². The first kappa shape index (κ1) is 14.0. The van der Waals surface area contributed by atoms with E-state index in [1.54, 1.807) is 6.07 Å². The van der Waals surface area contributed by atoms with Crippen molar-refractivity contribution in [1.82, 2.24) is 10.2 Å². The van der Waals surface area contributed by atoms with Gasteiger partial charge in [0.2, 0.25) is 0 Å². The molecule has 0 unspecified atom stereocenters. The molecule has 2 heterocycles. The van der Waals surface area contributed by atoms with Crippen molar-refractivity contribution in [2.45, 2.75) is 25.8 Å². The number of nitrogens with one attached hydrogen (secondary N) is 1. The van der Waals surface area contributed by atoms with Gasteiger partial charge in [-0.1, -0.05) is 6.07 Å². The van der Waals surface area contributed by atoms with E-state index in [-0.39, 0.29) is 11.6 Å². The number of hydrogen-bond donors (Lipinski definition) is 1. The SMILES string of the molecule is Cc1ccc([N+](=O)[O-])cc1C(=O)N1C[C@@H]2CCCN[C@@H]2C1. The molecule has 21 heavy (non-hydrogen) atoms. The fraction of sp³-hybridized carbons (Fsp3) is 0.533. The fourth-order valence-electron chi connectivity index (χ4n) is 3.34. The standard InChI is InChI=1S/C15H19N3O3/c1-10-4-5-12(18(20)21)7-13(10)15(19)17-8-11-3-2-6-16-14(11)9-17/h4-5,7,11,14,16H,2-3,6,8-9H2,1H3/t11-,14+/m0/s1. The van der Waals surface area contributed by atoms with Gasteiger partial charge in [-0.15, -0.1) is 0 Å². The van der Waals surface area contributed by atoms with Crippen LogP contribution in [0.2, 0.25) is 0 Å². The third-order valence-corrected chi connectivity index (χ3v) is 4.55. The molecule has 0 saturated carbocycles. The zero-order chi connectivity index (χ0) is 15.0. The molecule has 0 aromatic heterocycles. The Morgan fingerprint density at radius 1 is 1.43 bits per heavy atom. The van der Waals surface area contributed by atoms with E-state index in [0.29, 0.717) is 24.1 Å². The smallest absolute Gasteiger partial charge is 0.270 e. The summed E-state index contributed by atoms with van der Waals surface area (Å²) in [4.78, 5) is 24.9. The molecular weight excluding hydrogens is 270 g/mol. The fourth-order valence-corrected chi connectivity index (χ4v) is 3.34. The van der Waals surface area contributed by atoms with E-state index in [4.69, 9.17) is 0 Å². The molecule has 1 amide bonds. The monoisotopic (exact) mass is 289 g/mol. The normalized spacial score (nSPS) is 24.7. The van der Waals surface area contributed by atoms with Gasteiger partial charge in [-0.3, -0.25) is 14.9 Å². The molecular formula is C15H19N3O3. The minimum atomic E-state index is -0.457. The van der Waals surface area contributed by atoms with E-state index in [2.05, 4.69) is 5.32 Å². The van der Waals surface area contributed by atoms with Crippen LogP contribution in [-0.4, -0.2) is 41.4 Å². The number of nitro groups is 1. The van der Waals surface area contributed by atoms with Gasteiger partial charge >= 0.3 is 0 Å². The summed E-state index contributed by atoms with van der Waals surface area (Å²) < 4.78 is 0. The summed E-state index contributed by atoms with van der Waals surface area (Å²) in [6.07, 6.45) is 2.30. The lowest BCUT2D eigenvalue weighted by Crippen LogP contribution is -2.41. The van der Waals surface area contributed by atoms with Crippen molar-refractivity contribution in [3.8, 4) is 0 Å². The molecule has 3 rings (SSSR count). The lowest BCUT2D eigenvalue weighted by Gasteiger charge is -2.24. The highest BCUT2D eigenvalue weighted by Crippen LogP contribution is 2.27. The van der Waals surface area contributed by atoms with E-state index >= 15 is 0 Å². The van der Waals surface area contributed by atoms with Crippen LogP contribution in [0.4, 0.5) is 5.69 Å². The topological polar surface area (TPSA) is 75.5 Å². The Balaban J connectivity index is 1.82. The van der Waals surface area contributed by atoms with Crippen LogP contribution in [0.5, 0.6) is 0 Å². The summed E-state index contributed by atoms with van der Waals surface area (Å²) in [7, 11) is 0. The number of amides is 1. The van der Waals surface area contributed by atoms with Gasteiger partial charge in [-0.2, -0.15) is 0 Å². The van der Waals surface area contributed by atoms with Crippen molar-refractivity contribution in [3.05, 3.63) is 39.4 Å². The van der Waals surface area contributed by atoms with E-state index in [1.807, 2.05) is 11.8 Å². The van der Waals surface area contributed by atoms with Gasteiger partial charge in [0.25, 0.3) is 11.6 Å². The number of nitro benzene ring substituents is 1. The highest BCUT2D eigenvalue weighted by molar-refractivity contribution is 5.96. The first-order valence-corrected chi connectivity index (χ1v) is 7.34. The Hall–Kier alpha value is -1.95. The molecule has 0 aliphatic carbocycles. The molecule has 0 radical (unpaired) electrons. The van der Waals surface area contributed by atoms with Gasteiger partial charge in [0, 0.05) is 36.8 Å². The Kier molecular flexibility index (Phi) is 3.63. The van der Waals surface area contributed by atoms with Gasteiger partial charge in [-0.25, -0.2) is 0 Å². The Labute approximate surface area is 123 Å². The minimum absolute atomic E-state index is 0.0290. The molecule has 2 aliphatic heterocycles. The Morgan fingerprint density at radius 3 is 2.95 bits per heavy atom. The Morgan fingerprint density at radius 2 is 2.24 bits per heavy atom. The molecule has 1 aromatic rings. The maximum Gasteiger partial charge on any atom is 0.270 e. The van der Waals surface area contributed by atoms with Crippen molar-refractivity contribution in [3.63, 3.8) is 0 Å². The molecule has 2 fully saturated rings. The number of carbonyl (C=O) groups is 1. The third kappa shape index (κ3) is 2.63. The highest BCUT2D eigenvalue weighted by Gasteiger charge is 2.37. The summed E-state index contributed by atoms with van der Waals surface area (Å²) in [5, 5.41) is 14.3. The highest BCUT2D eigenvalue weighted by atomic mass is 16.6. The summed E-state index contributed by atoms with van der Waals surface area (Å²) in [6, 6.07) is 4.86. The molecule has 0 bridgehead atoms. The molecule has 2 aliphatic rings. The second-order valence-corrected chi connectivity index (χ2v) is 5.93. The van der Waals surface area contributed by atoms with Crippen LogP contribution in [0, 0.1) is 23.0 Å². The van der Waals surface area contributed by atoms with Crippen LogP contribution in [0.3, 0.4) is 0 Å². The van der Waals surface area contributed by atoms with Crippen LogP contribution in [0.15, 0.2) is 18.2 Å². The van der Waals surface area contributed by atoms with Crippen LogP contribution < -0.4 is 5.32 Å². The maximum absolute atomic E-state index is 12.7. The first-order valence-electron chi connectivity index (χ1n) is 7.34. The summed E-state index contributed by atoms with van der Waals surface area (Å²) >= 11 is 0. The number of rotatable bonds is 2. The molecule has 1 aromatic carbocycles. The average molecular weight is 289 g/mol. The van der Waals surface area contributed by atoms with Crippen LogP contribution >= 0.6 is 0 Å². The summed E-state index contributed by atoms with van der Waals surface area (Å²) in [5.41, 5.74) is 1.20. The van der Waals surface area contributed by atoms with Crippen molar-refractivity contribution < 1.29 is 9.72 Å². The van der Waals surface area contributed by atoms with E-state index < -0.39 is 4.92 Å². The molecule has 6 heteroatoms. The molecule has 0 spiro atoms. The number of nitrogens with zero attached hydrogens (tertiary/aromatic N) is 2. The zero-order valence-corrected chi connectivity index (χ0v) is 12.0. The number of non-ortho nitro benzene ring substituents is 1. The predicted molar refractivity (Wildman–Crippen MR) is 78.3 cm³/mol. The number of benzene rings is 1. The van der Waals surface area contributed by atoms with Gasteiger partial charge in [0.05, 0.1) is 4.92 Å². The summed E-state index contributed by atoms with van der Waals surface area (Å²) in [5.74, 6) is 0.425. The van der Waals surface area contributed by atoms with Crippen molar-refractivity contribution >= 4 is 11.6 Å². The first-order chi connectivity index (χ1) is 10.1. The number of aryl methyl sites for hydroxylation is 1. The lowest BCUT2D eigenvalue weighted by atomic mass is 9.94. The lowest BCUT2D eigenvalue weighted by molar-refractivity contribution is -0.384.